The first-order valence-corrected chi connectivity index (χ1v) is 11.5. The highest BCUT2D eigenvalue weighted by molar-refractivity contribution is 9.10. The molecule has 0 aliphatic carbocycles. The van der Waals surface area contributed by atoms with Crippen molar-refractivity contribution in [3.8, 4) is 17.0 Å². The molecule has 170 valence electrons. The Balaban J connectivity index is 1.54. The van der Waals surface area contributed by atoms with Crippen LogP contribution in [0.4, 0.5) is 16.3 Å². The van der Waals surface area contributed by atoms with Crippen LogP contribution in [0.15, 0.2) is 65.3 Å². The normalized spacial score (nSPS) is 10.8. The third-order valence-corrected chi connectivity index (χ3v) is 5.64. The SMILES string of the molecule is CCCCNC(=O)Nc1cccc(CNc2cc(-c3ccccc3O)nc3c(Br)cnn23)c1. The summed E-state index contributed by atoms with van der Waals surface area (Å²) < 4.78 is 2.46. The van der Waals surface area contributed by atoms with Crippen LogP contribution in [0.1, 0.15) is 25.3 Å². The standard InChI is InChI=1S/C24H25BrN6O2/c1-2-3-11-26-24(33)29-17-8-6-7-16(12-17)14-27-22-13-20(18-9-4-5-10-21(18)32)30-23-19(25)15-28-31(22)23/h4-10,12-13,15,27,32H,2-3,11,14H2,1H3,(H2,26,29,33). The van der Waals surface area contributed by atoms with Crippen LogP contribution in [0.25, 0.3) is 16.9 Å². The van der Waals surface area contributed by atoms with E-state index < -0.39 is 0 Å². The summed E-state index contributed by atoms with van der Waals surface area (Å²) >= 11 is 3.49. The molecule has 0 aliphatic heterocycles. The van der Waals surface area contributed by atoms with Crippen LogP contribution in [0, 0.1) is 0 Å². The quantitative estimate of drug-likeness (QED) is 0.238. The molecular weight excluding hydrogens is 484 g/mol. The number of amides is 2. The molecule has 0 saturated carbocycles. The van der Waals surface area contributed by atoms with Crippen molar-refractivity contribution in [1.29, 1.82) is 0 Å². The number of hydrogen-bond acceptors (Lipinski definition) is 5. The number of nitrogens with one attached hydrogen (secondary N) is 3. The molecule has 0 radical (unpaired) electrons. The average Bonchev–Trinajstić information content (AvgIpc) is 3.19. The van der Waals surface area contributed by atoms with Gasteiger partial charge in [-0.25, -0.2) is 9.78 Å². The Morgan fingerprint density at radius 3 is 2.82 bits per heavy atom. The molecule has 2 heterocycles. The molecule has 4 aromatic rings. The minimum atomic E-state index is -0.210. The topological polar surface area (TPSA) is 104 Å². The van der Waals surface area contributed by atoms with Gasteiger partial charge < -0.3 is 21.1 Å². The van der Waals surface area contributed by atoms with Crippen LogP contribution in [-0.2, 0) is 6.54 Å². The van der Waals surface area contributed by atoms with Crippen molar-refractivity contribution in [1.82, 2.24) is 19.9 Å². The number of nitrogens with zero attached hydrogens (tertiary/aromatic N) is 3. The summed E-state index contributed by atoms with van der Waals surface area (Å²) in [6.45, 7) is 3.24. The Morgan fingerprint density at radius 1 is 1.15 bits per heavy atom. The molecule has 8 nitrogen and oxygen atoms in total. The zero-order chi connectivity index (χ0) is 23.2. The highest BCUT2D eigenvalue weighted by Crippen LogP contribution is 2.31. The fraction of sp³-hybridized carbons (Fsp3) is 0.208. The molecule has 2 aromatic carbocycles. The van der Waals surface area contributed by atoms with E-state index >= 15 is 0 Å². The zero-order valence-corrected chi connectivity index (χ0v) is 19.8. The molecule has 0 bridgehead atoms. The smallest absolute Gasteiger partial charge is 0.319 e. The van der Waals surface area contributed by atoms with Crippen molar-refractivity contribution in [2.75, 3.05) is 17.2 Å². The lowest BCUT2D eigenvalue weighted by molar-refractivity contribution is 0.252. The number of anilines is 2. The van der Waals surface area contributed by atoms with Gasteiger partial charge in [-0.15, -0.1) is 0 Å². The van der Waals surface area contributed by atoms with Gasteiger partial charge in [-0.1, -0.05) is 37.6 Å². The van der Waals surface area contributed by atoms with Crippen LogP contribution in [0.2, 0.25) is 0 Å². The zero-order valence-electron chi connectivity index (χ0n) is 18.2. The number of hydrogen-bond donors (Lipinski definition) is 4. The van der Waals surface area contributed by atoms with Gasteiger partial charge in [0.25, 0.3) is 0 Å². The van der Waals surface area contributed by atoms with Crippen LogP contribution in [-0.4, -0.2) is 32.3 Å². The molecule has 2 aromatic heterocycles. The Labute approximate surface area is 200 Å². The molecule has 33 heavy (non-hydrogen) atoms. The predicted octanol–water partition coefficient (Wildman–Crippen LogP) is 5.40. The fourth-order valence-corrected chi connectivity index (χ4v) is 3.74. The van der Waals surface area contributed by atoms with Crippen LogP contribution >= 0.6 is 15.9 Å². The van der Waals surface area contributed by atoms with E-state index in [2.05, 4.69) is 48.9 Å². The van der Waals surface area contributed by atoms with E-state index in [0.717, 1.165) is 34.4 Å². The maximum atomic E-state index is 12.0. The summed E-state index contributed by atoms with van der Waals surface area (Å²) in [5.41, 5.74) is 3.61. The minimum absolute atomic E-state index is 0.159. The van der Waals surface area contributed by atoms with Crippen LogP contribution in [0.5, 0.6) is 5.75 Å². The number of halogens is 1. The number of aromatic nitrogens is 3. The number of aromatic hydroxyl groups is 1. The van der Waals surface area contributed by atoms with Crippen molar-refractivity contribution < 1.29 is 9.90 Å². The minimum Gasteiger partial charge on any atom is -0.507 e. The maximum absolute atomic E-state index is 12.0. The summed E-state index contributed by atoms with van der Waals surface area (Å²) in [7, 11) is 0. The number of unbranched alkanes of at least 4 members (excludes halogenated alkanes) is 1. The molecule has 0 fully saturated rings. The molecule has 0 saturated heterocycles. The van der Waals surface area contributed by atoms with Gasteiger partial charge in [-0.3, -0.25) is 0 Å². The van der Waals surface area contributed by atoms with Gasteiger partial charge in [0.2, 0.25) is 0 Å². The van der Waals surface area contributed by atoms with E-state index in [1.54, 1.807) is 22.8 Å². The van der Waals surface area contributed by atoms with Gasteiger partial charge >= 0.3 is 6.03 Å². The number of urea groups is 1. The van der Waals surface area contributed by atoms with Crippen LogP contribution < -0.4 is 16.0 Å². The van der Waals surface area contributed by atoms with E-state index in [9.17, 15) is 9.90 Å². The van der Waals surface area contributed by atoms with Gasteiger partial charge in [-0.05, 0) is 52.2 Å². The summed E-state index contributed by atoms with van der Waals surface area (Å²) in [5.74, 6) is 0.881. The first-order chi connectivity index (χ1) is 16.0. The predicted molar refractivity (Wildman–Crippen MR) is 133 cm³/mol. The van der Waals surface area contributed by atoms with Gasteiger partial charge in [-0.2, -0.15) is 9.61 Å². The van der Waals surface area contributed by atoms with Gasteiger partial charge in [0.1, 0.15) is 11.6 Å². The number of carbonyl (C=O) groups is 1. The molecule has 0 aliphatic rings. The average molecular weight is 509 g/mol. The third-order valence-electron chi connectivity index (χ3n) is 5.08. The number of rotatable bonds is 8. The highest BCUT2D eigenvalue weighted by Gasteiger charge is 2.13. The second-order valence-corrected chi connectivity index (χ2v) is 8.41. The number of phenols is 1. The third kappa shape index (κ3) is 5.43. The van der Waals surface area contributed by atoms with E-state index in [1.165, 1.54) is 0 Å². The maximum Gasteiger partial charge on any atom is 0.319 e. The van der Waals surface area contributed by atoms with Gasteiger partial charge in [0.05, 0.1) is 16.4 Å². The molecule has 0 unspecified atom stereocenters. The molecule has 9 heteroatoms. The van der Waals surface area contributed by atoms with Crippen molar-refractivity contribution >= 4 is 39.1 Å². The molecule has 4 N–H and O–H groups in total. The highest BCUT2D eigenvalue weighted by atomic mass is 79.9. The Morgan fingerprint density at radius 2 is 2.00 bits per heavy atom. The molecular formula is C24H25BrN6O2. The summed E-state index contributed by atoms with van der Waals surface area (Å²) in [6.07, 6.45) is 3.66. The number of phenolic OH excluding ortho intramolecular Hbond substituents is 1. The summed E-state index contributed by atoms with van der Waals surface area (Å²) in [5, 5.41) is 23.8. The summed E-state index contributed by atoms with van der Waals surface area (Å²) in [6, 6.07) is 16.4. The largest absolute Gasteiger partial charge is 0.507 e. The Hall–Kier alpha value is -3.59. The number of para-hydroxylation sites is 1. The second kappa shape index (κ2) is 10.4. The first kappa shape index (κ1) is 22.6. The van der Waals surface area contributed by atoms with Gasteiger partial charge in [0.15, 0.2) is 5.65 Å². The number of fused-ring (bicyclic) bond motifs is 1. The van der Waals surface area contributed by atoms with E-state index in [-0.39, 0.29) is 11.8 Å². The Bertz CT molecular complexity index is 1270. The van der Waals surface area contributed by atoms with E-state index in [1.807, 2.05) is 42.5 Å². The van der Waals surface area contributed by atoms with Crippen molar-refractivity contribution in [3.05, 3.63) is 70.8 Å². The lowest BCUT2D eigenvalue weighted by Crippen LogP contribution is -2.29. The molecule has 0 atom stereocenters. The van der Waals surface area contributed by atoms with Crippen molar-refractivity contribution in [2.24, 2.45) is 0 Å². The number of carbonyl (C=O) groups excluding carboxylic acids is 1. The van der Waals surface area contributed by atoms with Crippen molar-refractivity contribution in [2.45, 2.75) is 26.3 Å². The number of benzene rings is 2. The summed E-state index contributed by atoms with van der Waals surface area (Å²) in [4.78, 5) is 16.7. The van der Waals surface area contributed by atoms with Crippen LogP contribution in [0.3, 0.4) is 0 Å². The fourth-order valence-electron chi connectivity index (χ4n) is 3.40. The van der Waals surface area contributed by atoms with E-state index in [4.69, 9.17) is 0 Å². The lowest BCUT2D eigenvalue weighted by atomic mass is 10.1. The molecule has 0 spiro atoms. The first-order valence-electron chi connectivity index (χ1n) is 10.8. The van der Waals surface area contributed by atoms with Gasteiger partial charge in [0, 0.05) is 30.4 Å². The molecule has 4 rings (SSSR count). The molecule has 2 amide bonds. The Kier molecular flexibility index (Phi) is 7.09. The second-order valence-electron chi connectivity index (χ2n) is 7.56. The monoisotopic (exact) mass is 508 g/mol. The lowest BCUT2D eigenvalue weighted by Gasteiger charge is -2.13. The van der Waals surface area contributed by atoms with Crippen molar-refractivity contribution in [3.63, 3.8) is 0 Å². The van der Waals surface area contributed by atoms with E-state index in [0.29, 0.717) is 30.0 Å².